The number of hydrogen-bond acceptors (Lipinski definition) is 3. The molecule has 0 radical (unpaired) electrons. The molecule has 0 unspecified atom stereocenters. The summed E-state index contributed by atoms with van der Waals surface area (Å²) in [4.78, 5) is 0. The van der Waals surface area contributed by atoms with E-state index in [-0.39, 0.29) is 5.82 Å². The largest absolute Gasteiger partial charge is 0.493 e. The SMILES string of the molecule is CCCOc1cc(N)cc(Nc2c(F)cccc2Br)c1. The highest BCUT2D eigenvalue weighted by Crippen LogP contribution is 2.31. The number of anilines is 3. The zero-order chi connectivity index (χ0) is 14.5. The van der Waals surface area contributed by atoms with Crippen LogP contribution in [0.2, 0.25) is 0 Å². The lowest BCUT2D eigenvalue weighted by Gasteiger charge is -2.12. The van der Waals surface area contributed by atoms with E-state index in [0.29, 0.717) is 33.9 Å². The molecule has 0 fully saturated rings. The van der Waals surface area contributed by atoms with Crippen LogP contribution < -0.4 is 15.8 Å². The molecule has 0 aliphatic heterocycles. The number of halogens is 2. The normalized spacial score (nSPS) is 10.3. The van der Waals surface area contributed by atoms with E-state index in [9.17, 15) is 4.39 Å². The van der Waals surface area contributed by atoms with Crippen LogP contribution in [0, 0.1) is 5.82 Å². The number of hydrogen-bond donors (Lipinski definition) is 2. The highest BCUT2D eigenvalue weighted by Gasteiger charge is 2.08. The fraction of sp³-hybridized carbons (Fsp3) is 0.200. The Morgan fingerprint density at radius 3 is 2.80 bits per heavy atom. The fourth-order valence-electron chi connectivity index (χ4n) is 1.76. The molecule has 0 bridgehead atoms. The minimum atomic E-state index is -0.335. The summed E-state index contributed by atoms with van der Waals surface area (Å²) < 4.78 is 20.0. The average molecular weight is 339 g/mol. The Balaban J connectivity index is 2.27. The van der Waals surface area contributed by atoms with Gasteiger partial charge >= 0.3 is 0 Å². The van der Waals surface area contributed by atoms with Gasteiger partial charge in [0.05, 0.1) is 12.3 Å². The molecule has 0 saturated carbocycles. The third-order valence-electron chi connectivity index (χ3n) is 2.63. The van der Waals surface area contributed by atoms with Crippen molar-refractivity contribution in [3.63, 3.8) is 0 Å². The summed E-state index contributed by atoms with van der Waals surface area (Å²) in [6, 6.07) is 10.1. The van der Waals surface area contributed by atoms with Gasteiger partial charge in [-0.3, -0.25) is 0 Å². The monoisotopic (exact) mass is 338 g/mol. The van der Waals surface area contributed by atoms with Crippen LogP contribution in [0.5, 0.6) is 5.75 Å². The van der Waals surface area contributed by atoms with Gasteiger partial charge in [-0.15, -0.1) is 0 Å². The lowest BCUT2D eigenvalue weighted by Crippen LogP contribution is -1.99. The Hall–Kier alpha value is -1.75. The van der Waals surface area contributed by atoms with Crippen molar-refractivity contribution in [2.24, 2.45) is 0 Å². The van der Waals surface area contributed by atoms with E-state index in [4.69, 9.17) is 10.5 Å². The minimum absolute atomic E-state index is 0.335. The van der Waals surface area contributed by atoms with Crippen molar-refractivity contribution in [1.29, 1.82) is 0 Å². The summed E-state index contributed by atoms with van der Waals surface area (Å²) in [5.74, 6) is 0.333. The smallest absolute Gasteiger partial charge is 0.147 e. The van der Waals surface area contributed by atoms with Crippen molar-refractivity contribution in [1.82, 2.24) is 0 Å². The van der Waals surface area contributed by atoms with Crippen LogP contribution in [0.4, 0.5) is 21.5 Å². The summed E-state index contributed by atoms with van der Waals surface area (Å²) in [5, 5.41) is 3.02. The minimum Gasteiger partial charge on any atom is -0.493 e. The molecule has 0 spiro atoms. The predicted octanol–water partition coefficient (Wildman–Crippen LogP) is 4.70. The standard InChI is InChI=1S/C15H16BrFN2O/c1-2-6-20-12-8-10(18)7-11(9-12)19-15-13(16)4-3-5-14(15)17/h3-5,7-9,19H,2,6,18H2,1H3. The molecule has 20 heavy (non-hydrogen) atoms. The third-order valence-corrected chi connectivity index (χ3v) is 3.29. The number of benzene rings is 2. The van der Waals surface area contributed by atoms with Gasteiger partial charge in [-0.2, -0.15) is 0 Å². The zero-order valence-corrected chi connectivity index (χ0v) is 12.7. The van der Waals surface area contributed by atoms with Gasteiger partial charge in [-0.1, -0.05) is 13.0 Å². The van der Waals surface area contributed by atoms with E-state index < -0.39 is 0 Å². The Morgan fingerprint density at radius 1 is 1.30 bits per heavy atom. The molecule has 2 aromatic carbocycles. The first kappa shape index (κ1) is 14.7. The molecule has 0 amide bonds. The van der Waals surface area contributed by atoms with Gasteiger partial charge < -0.3 is 15.8 Å². The van der Waals surface area contributed by atoms with Crippen molar-refractivity contribution >= 4 is 33.0 Å². The van der Waals surface area contributed by atoms with E-state index in [1.54, 1.807) is 30.3 Å². The molecule has 5 heteroatoms. The Kier molecular flexibility index (Phi) is 4.84. The first-order valence-electron chi connectivity index (χ1n) is 6.34. The fourth-order valence-corrected chi connectivity index (χ4v) is 2.20. The van der Waals surface area contributed by atoms with E-state index in [1.165, 1.54) is 6.07 Å². The second-order valence-corrected chi connectivity index (χ2v) is 5.22. The number of rotatable bonds is 5. The molecule has 0 aromatic heterocycles. The van der Waals surface area contributed by atoms with Gasteiger partial charge in [0.1, 0.15) is 11.6 Å². The van der Waals surface area contributed by atoms with Crippen LogP contribution in [-0.4, -0.2) is 6.61 Å². The molecule has 0 heterocycles. The van der Waals surface area contributed by atoms with Gasteiger partial charge in [0, 0.05) is 28.0 Å². The van der Waals surface area contributed by atoms with Gasteiger partial charge in [0.25, 0.3) is 0 Å². The Morgan fingerprint density at radius 2 is 2.10 bits per heavy atom. The third kappa shape index (κ3) is 3.63. The van der Waals surface area contributed by atoms with Crippen molar-refractivity contribution < 1.29 is 9.13 Å². The molecule has 3 nitrogen and oxygen atoms in total. The van der Waals surface area contributed by atoms with Crippen molar-refractivity contribution in [2.45, 2.75) is 13.3 Å². The van der Waals surface area contributed by atoms with Gasteiger partial charge in [-0.05, 0) is 40.5 Å². The maximum absolute atomic E-state index is 13.8. The second-order valence-electron chi connectivity index (χ2n) is 4.36. The van der Waals surface area contributed by atoms with Crippen LogP contribution in [0.1, 0.15) is 13.3 Å². The summed E-state index contributed by atoms with van der Waals surface area (Å²) in [6.07, 6.45) is 0.913. The van der Waals surface area contributed by atoms with Crippen LogP contribution in [-0.2, 0) is 0 Å². The molecule has 2 rings (SSSR count). The van der Waals surface area contributed by atoms with Gasteiger partial charge in [-0.25, -0.2) is 4.39 Å². The van der Waals surface area contributed by atoms with Crippen molar-refractivity contribution in [2.75, 3.05) is 17.7 Å². The van der Waals surface area contributed by atoms with Crippen LogP contribution in [0.25, 0.3) is 0 Å². The second kappa shape index (κ2) is 6.61. The summed E-state index contributed by atoms with van der Waals surface area (Å²) in [6.45, 7) is 2.65. The van der Waals surface area contributed by atoms with Crippen molar-refractivity contribution in [3.8, 4) is 5.75 Å². The highest BCUT2D eigenvalue weighted by atomic mass is 79.9. The number of para-hydroxylation sites is 1. The topological polar surface area (TPSA) is 47.3 Å². The first-order chi connectivity index (χ1) is 9.60. The predicted molar refractivity (Wildman–Crippen MR) is 84.0 cm³/mol. The number of ether oxygens (including phenoxy) is 1. The summed E-state index contributed by atoms with van der Waals surface area (Å²) in [7, 11) is 0. The quantitative estimate of drug-likeness (QED) is 0.776. The van der Waals surface area contributed by atoms with E-state index in [1.807, 2.05) is 6.92 Å². The molecule has 2 aromatic rings. The molecule has 0 atom stereocenters. The van der Waals surface area contributed by atoms with Gasteiger partial charge in [0.15, 0.2) is 0 Å². The van der Waals surface area contributed by atoms with Crippen LogP contribution in [0.3, 0.4) is 0 Å². The highest BCUT2D eigenvalue weighted by molar-refractivity contribution is 9.10. The summed E-state index contributed by atoms with van der Waals surface area (Å²) in [5.41, 5.74) is 7.46. The average Bonchev–Trinajstić information content (AvgIpc) is 2.40. The van der Waals surface area contributed by atoms with Gasteiger partial charge in [0.2, 0.25) is 0 Å². The van der Waals surface area contributed by atoms with Crippen molar-refractivity contribution in [3.05, 3.63) is 46.7 Å². The Bertz CT molecular complexity index is 584. The van der Waals surface area contributed by atoms with Crippen LogP contribution in [0.15, 0.2) is 40.9 Å². The lowest BCUT2D eigenvalue weighted by molar-refractivity contribution is 0.318. The molecular weight excluding hydrogens is 323 g/mol. The molecule has 0 saturated heterocycles. The Labute approximate surface area is 126 Å². The number of nitrogen functional groups attached to an aromatic ring is 1. The van der Waals surface area contributed by atoms with Crippen LogP contribution >= 0.6 is 15.9 Å². The maximum Gasteiger partial charge on any atom is 0.147 e. The van der Waals surface area contributed by atoms with E-state index in [0.717, 1.165) is 6.42 Å². The zero-order valence-electron chi connectivity index (χ0n) is 11.1. The maximum atomic E-state index is 13.8. The molecule has 106 valence electrons. The van der Waals surface area contributed by atoms with E-state index >= 15 is 0 Å². The first-order valence-corrected chi connectivity index (χ1v) is 7.14. The summed E-state index contributed by atoms with van der Waals surface area (Å²) >= 11 is 3.32. The molecule has 3 N–H and O–H groups in total. The molecule has 0 aliphatic carbocycles. The number of nitrogens with two attached hydrogens (primary N) is 1. The lowest BCUT2D eigenvalue weighted by atomic mass is 10.2. The molecule has 0 aliphatic rings. The van der Waals surface area contributed by atoms with E-state index in [2.05, 4.69) is 21.2 Å². The number of nitrogens with one attached hydrogen (secondary N) is 1. The molecular formula is C15H16BrFN2O.